The average Bonchev–Trinajstić information content (AvgIpc) is 2.84. The molecule has 1 aromatic carbocycles. The number of nitrogens with zero attached hydrogens (tertiary/aromatic N) is 2. The van der Waals surface area contributed by atoms with E-state index in [0.717, 1.165) is 55.7 Å². The van der Waals surface area contributed by atoms with Gasteiger partial charge in [0, 0.05) is 17.2 Å². The van der Waals surface area contributed by atoms with Gasteiger partial charge in [0.2, 0.25) is 5.91 Å². The molecule has 1 heterocycles. The largest absolute Gasteiger partial charge is 0.280 e. The topological polar surface area (TPSA) is 66.9 Å². The number of unbranched alkanes of at least 4 members (excludes halogenated alkanes) is 1. The molecule has 2 N–H and O–H groups in total. The van der Waals surface area contributed by atoms with Crippen molar-refractivity contribution in [2.45, 2.75) is 58.3 Å². The van der Waals surface area contributed by atoms with E-state index in [1.165, 1.54) is 0 Å². The van der Waals surface area contributed by atoms with Crippen LogP contribution in [-0.4, -0.2) is 16.1 Å². The number of hydrogen-bond acceptors (Lipinski definition) is 4. The molecule has 0 aliphatic heterocycles. The molecule has 0 spiro atoms. The van der Waals surface area contributed by atoms with Crippen molar-refractivity contribution in [3.8, 4) is 0 Å². The Morgan fingerprint density at radius 1 is 0.848 bits per heavy atom. The first kappa shape index (κ1) is 25.8. The van der Waals surface area contributed by atoms with Gasteiger partial charge in [0.25, 0.3) is 0 Å². The Balaban J connectivity index is 1.50. The van der Waals surface area contributed by atoms with Crippen molar-refractivity contribution in [1.29, 1.82) is 0 Å². The van der Waals surface area contributed by atoms with Gasteiger partial charge < -0.3 is 0 Å². The number of hydrazine groups is 1. The van der Waals surface area contributed by atoms with Crippen molar-refractivity contribution in [3.63, 3.8) is 0 Å². The molecule has 2 rings (SSSR count). The van der Waals surface area contributed by atoms with Gasteiger partial charge in [-0.2, -0.15) is 5.10 Å². The smallest absolute Gasteiger partial charge is 0.238 e. The first-order chi connectivity index (χ1) is 16.3. The molecular formula is C28H36N4O. The van der Waals surface area contributed by atoms with E-state index >= 15 is 0 Å². The molecule has 1 aromatic heterocycles. The maximum atomic E-state index is 12.0. The van der Waals surface area contributed by atoms with Crippen LogP contribution in [0, 0.1) is 0 Å². The Kier molecular flexibility index (Phi) is 13.4. The van der Waals surface area contributed by atoms with Crippen LogP contribution in [-0.2, 0) is 4.79 Å². The van der Waals surface area contributed by atoms with Gasteiger partial charge in [-0.05, 0) is 44.9 Å². The van der Waals surface area contributed by atoms with E-state index < -0.39 is 0 Å². The van der Waals surface area contributed by atoms with Gasteiger partial charge in [-0.15, -0.1) is 5.10 Å². The summed E-state index contributed by atoms with van der Waals surface area (Å²) in [5.41, 5.74) is 5.59. The van der Waals surface area contributed by atoms with Crippen LogP contribution in [0.5, 0.6) is 0 Å². The van der Waals surface area contributed by atoms with Gasteiger partial charge in [0.05, 0.1) is 6.20 Å². The molecule has 174 valence electrons. The van der Waals surface area contributed by atoms with E-state index in [0.29, 0.717) is 12.2 Å². The minimum Gasteiger partial charge on any atom is -0.280 e. The summed E-state index contributed by atoms with van der Waals surface area (Å²) >= 11 is 0. The first-order valence-corrected chi connectivity index (χ1v) is 11.8. The summed E-state index contributed by atoms with van der Waals surface area (Å²) in [5, 5.41) is 9.91. The van der Waals surface area contributed by atoms with Crippen LogP contribution >= 0.6 is 0 Å². The fourth-order valence-corrected chi connectivity index (χ4v) is 3.06. The van der Waals surface area contributed by atoms with E-state index in [1.54, 1.807) is 6.20 Å². The number of fused-ring (bicyclic) bond motifs is 1. The Morgan fingerprint density at radius 2 is 1.45 bits per heavy atom. The van der Waals surface area contributed by atoms with E-state index in [9.17, 15) is 4.79 Å². The summed E-state index contributed by atoms with van der Waals surface area (Å²) in [6.07, 6.45) is 30.7. The molecule has 0 saturated carbocycles. The Bertz CT molecular complexity index is 968. The zero-order valence-electron chi connectivity index (χ0n) is 19.6. The molecule has 0 aliphatic carbocycles. The second-order valence-corrected chi connectivity index (χ2v) is 7.55. The highest BCUT2D eigenvalue weighted by Gasteiger charge is 2.04. The molecule has 5 heteroatoms. The third-order valence-electron chi connectivity index (χ3n) is 4.82. The summed E-state index contributed by atoms with van der Waals surface area (Å²) in [6, 6.07) is 7.78. The molecule has 0 aliphatic rings. The highest BCUT2D eigenvalue weighted by molar-refractivity contribution is 5.91. The van der Waals surface area contributed by atoms with Crippen LogP contribution < -0.4 is 10.9 Å². The van der Waals surface area contributed by atoms with Crippen molar-refractivity contribution in [2.24, 2.45) is 0 Å². The van der Waals surface area contributed by atoms with E-state index in [4.69, 9.17) is 0 Å². The predicted octanol–water partition coefficient (Wildman–Crippen LogP) is 6.99. The summed E-state index contributed by atoms with van der Waals surface area (Å²) in [4.78, 5) is 12.0. The fraction of sp³-hybridized carbons (Fsp3) is 0.321. The minimum absolute atomic E-state index is 0.0583. The average molecular weight is 445 g/mol. The van der Waals surface area contributed by atoms with Crippen molar-refractivity contribution in [3.05, 3.63) is 91.2 Å². The van der Waals surface area contributed by atoms with Crippen LogP contribution in [0.15, 0.2) is 91.2 Å². The van der Waals surface area contributed by atoms with Crippen molar-refractivity contribution >= 4 is 22.5 Å². The van der Waals surface area contributed by atoms with E-state index in [2.05, 4.69) is 88.7 Å². The number of anilines is 1. The molecule has 33 heavy (non-hydrogen) atoms. The second-order valence-electron chi connectivity index (χ2n) is 7.55. The zero-order valence-corrected chi connectivity index (χ0v) is 19.6. The summed E-state index contributed by atoms with van der Waals surface area (Å²) in [7, 11) is 0. The van der Waals surface area contributed by atoms with Gasteiger partial charge >= 0.3 is 0 Å². The van der Waals surface area contributed by atoms with Crippen LogP contribution in [0.2, 0.25) is 0 Å². The molecule has 1 amide bonds. The lowest BCUT2D eigenvalue weighted by atomic mass is 10.2. The van der Waals surface area contributed by atoms with Gasteiger partial charge in [-0.3, -0.25) is 15.6 Å². The third kappa shape index (κ3) is 11.6. The summed E-state index contributed by atoms with van der Waals surface area (Å²) < 4.78 is 0. The molecular weight excluding hydrogens is 408 g/mol. The lowest BCUT2D eigenvalue weighted by Gasteiger charge is -2.09. The molecule has 0 unspecified atom stereocenters. The maximum absolute atomic E-state index is 12.0. The maximum Gasteiger partial charge on any atom is 0.238 e. The number of allylic oxidation sites excluding steroid dienone is 10. The van der Waals surface area contributed by atoms with Crippen molar-refractivity contribution < 1.29 is 4.79 Å². The van der Waals surface area contributed by atoms with Gasteiger partial charge in [-0.25, -0.2) is 0 Å². The number of aromatic nitrogens is 2. The number of carbonyl (C=O) groups is 1. The van der Waals surface area contributed by atoms with Crippen LogP contribution in [0.1, 0.15) is 58.3 Å². The highest BCUT2D eigenvalue weighted by Crippen LogP contribution is 2.18. The fourth-order valence-electron chi connectivity index (χ4n) is 3.06. The number of rotatable bonds is 15. The molecule has 0 fully saturated rings. The SMILES string of the molecule is CCC=CCC=CCC=CCC=CCC=CCCCC(=O)NNc1nncc2ccccc12. The molecule has 0 saturated heterocycles. The monoisotopic (exact) mass is 444 g/mol. The standard InChI is InChI=1S/C28H36N4O/c1-2-3-4-5-6-7-8-9-10-11-12-13-14-15-16-17-18-23-27(33)30-32-28-26-22-20-19-21-25(26)24-29-31-28/h3-4,6-7,9-10,12-13,15-16,19-22,24H,2,5,8,11,14,17-18,23H2,1H3,(H,30,33)(H,31,32). The molecule has 0 bridgehead atoms. The zero-order chi connectivity index (χ0) is 23.4. The highest BCUT2D eigenvalue weighted by atomic mass is 16.2. The Morgan fingerprint density at radius 3 is 2.12 bits per heavy atom. The van der Waals surface area contributed by atoms with Crippen LogP contribution in [0.25, 0.3) is 10.8 Å². The Labute approximate surface area is 198 Å². The van der Waals surface area contributed by atoms with Crippen LogP contribution in [0.3, 0.4) is 0 Å². The number of amides is 1. The summed E-state index contributed by atoms with van der Waals surface area (Å²) in [6.45, 7) is 2.15. The van der Waals surface area contributed by atoms with Crippen molar-refractivity contribution in [1.82, 2.24) is 15.6 Å². The van der Waals surface area contributed by atoms with E-state index in [1.807, 2.05) is 24.3 Å². The van der Waals surface area contributed by atoms with Crippen molar-refractivity contribution in [2.75, 3.05) is 5.43 Å². The minimum atomic E-state index is -0.0583. The molecule has 5 nitrogen and oxygen atoms in total. The third-order valence-corrected chi connectivity index (χ3v) is 4.82. The molecule has 0 atom stereocenters. The number of hydrogen-bond donors (Lipinski definition) is 2. The number of carbonyl (C=O) groups excluding carboxylic acids is 1. The normalized spacial score (nSPS) is 12.3. The van der Waals surface area contributed by atoms with Gasteiger partial charge in [-0.1, -0.05) is 91.9 Å². The molecule has 0 radical (unpaired) electrons. The number of benzene rings is 1. The van der Waals surface area contributed by atoms with Gasteiger partial charge in [0.1, 0.15) is 0 Å². The van der Waals surface area contributed by atoms with Crippen LogP contribution in [0.4, 0.5) is 5.82 Å². The number of nitrogens with one attached hydrogen (secondary N) is 2. The lowest BCUT2D eigenvalue weighted by molar-refractivity contribution is -0.120. The quantitative estimate of drug-likeness (QED) is 0.176. The predicted molar refractivity (Wildman–Crippen MR) is 140 cm³/mol. The second kappa shape index (κ2) is 17.1. The summed E-state index contributed by atoms with van der Waals surface area (Å²) in [5.74, 6) is 0.497. The van der Waals surface area contributed by atoms with Gasteiger partial charge in [0.15, 0.2) is 5.82 Å². The Hall–Kier alpha value is -3.47. The first-order valence-electron chi connectivity index (χ1n) is 11.8. The lowest BCUT2D eigenvalue weighted by Crippen LogP contribution is -2.29. The van der Waals surface area contributed by atoms with E-state index in [-0.39, 0.29) is 5.91 Å². The molecule has 2 aromatic rings.